The van der Waals surface area contributed by atoms with Gasteiger partial charge in [-0.1, -0.05) is 12.1 Å². The van der Waals surface area contributed by atoms with Crippen molar-refractivity contribution < 1.29 is 23.1 Å². The Bertz CT molecular complexity index is 1230. The molecule has 2 heterocycles. The number of hydrogen-bond donors (Lipinski definition) is 1. The highest BCUT2D eigenvalue weighted by atomic mass is 19.1. The van der Waals surface area contributed by atoms with E-state index in [4.69, 9.17) is 0 Å². The van der Waals surface area contributed by atoms with Crippen LogP contribution in [0.1, 0.15) is 16.1 Å². The van der Waals surface area contributed by atoms with Crippen LogP contribution >= 0.6 is 0 Å². The van der Waals surface area contributed by atoms with Crippen molar-refractivity contribution in [1.82, 2.24) is 19.6 Å². The maximum absolute atomic E-state index is 14.6. The van der Waals surface area contributed by atoms with Gasteiger partial charge in [0, 0.05) is 24.4 Å². The van der Waals surface area contributed by atoms with Gasteiger partial charge in [0.25, 0.3) is 0 Å². The quantitative estimate of drug-likeness (QED) is 0.582. The Balaban J connectivity index is 1.78. The molecule has 142 valence electrons. The number of fused-ring (bicyclic) bond motifs is 1. The molecule has 2 aromatic heterocycles. The van der Waals surface area contributed by atoms with E-state index in [1.54, 1.807) is 30.2 Å². The van der Waals surface area contributed by atoms with Crippen molar-refractivity contribution in [3.8, 4) is 11.1 Å². The molecule has 2 aromatic carbocycles. The van der Waals surface area contributed by atoms with E-state index in [1.165, 1.54) is 12.1 Å². The largest absolute Gasteiger partial charge is 0.476 e. The van der Waals surface area contributed by atoms with Gasteiger partial charge in [-0.15, -0.1) is 0 Å². The van der Waals surface area contributed by atoms with E-state index >= 15 is 0 Å². The maximum Gasteiger partial charge on any atom is 0.357 e. The molecule has 1 N–H and O–H groups in total. The van der Waals surface area contributed by atoms with Gasteiger partial charge in [-0.05, 0) is 23.8 Å². The smallest absolute Gasteiger partial charge is 0.357 e. The number of rotatable bonds is 4. The molecule has 0 aliphatic rings. The number of halogens is 3. The number of nitrogens with zero attached hydrogens (tertiary/aromatic N) is 4. The molecule has 0 saturated carbocycles. The van der Waals surface area contributed by atoms with Gasteiger partial charge in [-0.2, -0.15) is 10.2 Å². The summed E-state index contributed by atoms with van der Waals surface area (Å²) < 4.78 is 45.5. The second-order valence-corrected chi connectivity index (χ2v) is 6.27. The molecule has 0 atom stereocenters. The Hall–Kier alpha value is -3.62. The van der Waals surface area contributed by atoms with Crippen molar-refractivity contribution >= 4 is 16.9 Å². The van der Waals surface area contributed by atoms with Gasteiger partial charge >= 0.3 is 5.97 Å². The van der Waals surface area contributed by atoms with E-state index in [2.05, 4.69) is 10.2 Å². The van der Waals surface area contributed by atoms with Crippen LogP contribution in [0.25, 0.3) is 22.0 Å². The monoisotopic (exact) mass is 386 g/mol. The second kappa shape index (κ2) is 6.52. The van der Waals surface area contributed by atoms with Crippen molar-refractivity contribution in [3.63, 3.8) is 0 Å². The van der Waals surface area contributed by atoms with E-state index in [0.717, 1.165) is 22.4 Å². The third-order valence-corrected chi connectivity index (χ3v) is 4.41. The number of aryl methyl sites for hydroxylation is 1. The van der Waals surface area contributed by atoms with Gasteiger partial charge in [-0.25, -0.2) is 18.0 Å². The number of benzene rings is 2. The maximum atomic E-state index is 14.6. The van der Waals surface area contributed by atoms with Crippen LogP contribution < -0.4 is 0 Å². The average molecular weight is 386 g/mol. The first-order valence-electron chi connectivity index (χ1n) is 8.20. The van der Waals surface area contributed by atoms with E-state index in [1.807, 2.05) is 0 Å². The highest BCUT2D eigenvalue weighted by Gasteiger charge is 2.23. The molecule has 0 spiro atoms. The van der Waals surface area contributed by atoms with E-state index in [-0.39, 0.29) is 17.6 Å². The number of hydrogen-bond acceptors (Lipinski definition) is 3. The normalized spacial score (nSPS) is 11.3. The fraction of sp³-hybridized carbons (Fsp3) is 0.105. The van der Waals surface area contributed by atoms with Crippen LogP contribution in [0, 0.1) is 17.5 Å². The molecular formula is C19H13F3N4O2. The van der Waals surface area contributed by atoms with Crippen LogP contribution in [0.15, 0.2) is 42.7 Å². The Labute approximate surface area is 156 Å². The minimum atomic E-state index is -1.50. The van der Waals surface area contributed by atoms with Crippen LogP contribution in [0.2, 0.25) is 0 Å². The Morgan fingerprint density at radius 1 is 1.07 bits per heavy atom. The van der Waals surface area contributed by atoms with Gasteiger partial charge in [0.1, 0.15) is 23.0 Å². The lowest BCUT2D eigenvalue weighted by molar-refractivity contribution is 0.0691. The van der Waals surface area contributed by atoms with Gasteiger partial charge < -0.3 is 5.11 Å². The predicted octanol–water partition coefficient (Wildman–Crippen LogP) is 3.60. The zero-order chi connectivity index (χ0) is 20.0. The van der Waals surface area contributed by atoms with Crippen molar-refractivity contribution in [2.45, 2.75) is 6.54 Å². The third kappa shape index (κ3) is 2.90. The van der Waals surface area contributed by atoms with Crippen LogP contribution in [-0.2, 0) is 13.6 Å². The highest BCUT2D eigenvalue weighted by Crippen LogP contribution is 2.27. The minimum Gasteiger partial charge on any atom is -0.476 e. The number of carboxylic acid groups (broad SMARTS) is 1. The van der Waals surface area contributed by atoms with Crippen molar-refractivity contribution in [3.05, 3.63) is 71.4 Å². The summed E-state index contributed by atoms with van der Waals surface area (Å²) in [6, 6.07) is 6.16. The van der Waals surface area contributed by atoms with Gasteiger partial charge in [0.2, 0.25) is 0 Å². The number of carbonyl (C=O) groups is 1. The minimum absolute atomic E-state index is 0.151. The van der Waals surface area contributed by atoms with Gasteiger partial charge in [0.05, 0.1) is 18.1 Å². The fourth-order valence-corrected chi connectivity index (χ4v) is 3.09. The lowest BCUT2D eigenvalue weighted by Crippen LogP contribution is -2.06. The Kier molecular flexibility index (Phi) is 4.14. The summed E-state index contributed by atoms with van der Waals surface area (Å²) in [4.78, 5) is 11.4. The van der Waals surface area contributed by atoms with Crippen LogP contribution in [-0.4, -0.2) is 30.6 Å². The lowest BCUT2D eigenvalue weighted by Gasteiger charge is -2.07. The molecule has 4 aromatic rings. The fourth-order valence-electron chi connectivity index (χ4n) is 3.09. The summed E-state index contributed by atoms with van der Waals surface area (Å²) in [6.07, 6.45) is 3.32. The molecule has 6 nitrogen and oxygen atoms in total. The van der Waals surface area contributed by atoms with Gasteiger partial charge in [-0.3, -0.25) is 9.36 Å². The first-order valence-corrected chi connectivity index (χ1v) is 8.20. The summed E-state index contributed by atoms with van der Waals surface area (Å²) in [5.41, 5.74) is 0.520. The second-order valence-electron chi connectivity index (χ2n) is 6.27. The van der Waals surface area contributed by atoms with Crippen molar-refractivity contribution in [2.75, 3.05) is 0 Å². The molecule has 0 fully saturated rings. The van der Waals surface area contributed by atoms with Crippen LogP contribution in [0.5, 0.6) is 0 Å². The molecule has 0 aliphatic heterocycles. The molecule has 0 unspecified atom stereocenters. The lowest BCUT2D eigenvalue weighted by atomic mass is 10.1. The number of carboxylic acids is 1. The number of aromatic carboxylic acids is 1. The molecule has 0 saturated heterocycles. The molecule has 0 aliphatic carbocycles. The van der Waals surface area contributed by atoms with Gasteiger partial charge in [0.15, 0.2) is 5.69 Å². The Morgan fingerprint density at radius 2 is 1.82 bits per heavy atom. The summed E-state index contributed by atoms with van der Waals surface area (Å²) in [6.45, 7) is -0.261. The van der Waals surface area contributed by atoms with E-state index in [0.29, 0.717) is 5.56 Å². The molecule has 0 bridgehead atoms. The van der Waals surface area contributed by atoms with E-state index < -0.39 is 34.5 Å². The summed E-state index contributed by atoms with van der Waals surface area (Å²) in [7, 11) is 1.74. The third-order valence-electron chi connectivity index (χ3n) is 4.41. The average Bonchev–Trinajstić information content (AvgIpc) is 3.25. The van der Waals surface area contributed by atoms with Crippen molar-refractivity contribution in [1.29, 1.82) is 0 Å². The highest BCUT2D eigenvalue weighted by molar-refractivity contribution is 6.01. The molecule has 28 heavy (non-hydrogen) atoms. The predicted molar refractivity (Wildman–Crippen MR) is 94.3 cm³/mol. The molecule has 9 heteroatoms. The summed E-state index contributed by atoms with van der Waals surface area (Å²) >= 11 is 0. The van der Waals surface area contributed by atoms with Crippen LogP contribution in [0.4, 0.5) is 13.2 Å². The Morgan fingerprint density at radius 3 is 2.46 bits per heavy atom. The number of aromatic nitrogens is 4. The summed E-state index contributed by atoms with van der Waals surface area (Å²) in [5.74, 6) is -3.84. The molecular weight excluding hydrogens is 373 g/mol. The topological polar surface area (TPSA) is 72.9 Å². The van der Waals surface area contributed by atoms with Crippen LogP contribution in [0.3, 0.4) is 0 Å². The molecule has 4 rings (SSSR count). The standard InChI is InChI=1S/C19H13F3N4O2/c1-25-8-12(7-23-25)10-2-3-11(15(22)6-10)9-26-18-14(21)5-4-13(20)16(18)17(24-26)19(27)28/h2-8H,9H2,1H3,(H,27,28). The SMILES string of the molecule is Cn1cc(-c2ccc(Cn3nc(C(=O)O)c4c(F)ccc(F)c43)c(F)c2)cn1. The van der Waals surface area contributed by atoms with Crippen molar-refractivity contribution in [2.24, 2.45) is 7.05 Å². The zero-order valence-electron chi connectivity index (χ0n) is 14.5. The molecule has 0 amide bonds. The first-order chi connectivity index (χ1) is 13.3. The zero-order valence-corrected chi connectivity index (χ0v) is 14.5. The molecule has 0 radical (unpaired) electrons. The summed E-state index contributed by atoms with van der Waals surface area (Å²) in [5, 5.41) is 16.6. The first kappa shape index (κ1) is 17.8. The van der Waals surface area contributed by atoms with E-state index in [9.17, 15) is 23.1 Å².